The van der Waals surface area contributed by atoms with E-state index in [0.29, 0.717) is 6.42 Å². The molecule has 0 bridgehead atoms. The van der Waals surface area contributed by atoms with Crippen LogP contribution in [0, 0.1) is 0 Å². The zero-order chi connectivity index (χ0) is 10.5. The molecular weight excluding hydrogens is 188 g/mol. The highest BCUT2D eigenvalue weighted by atomic mass is 16.2. The van der Waals surface area contributed by atoms with E-state index < -0.39 is 0 Å². The van der Waals surface area contributed by atoms with Crippen molar-refractivity contribution < 1.29 is 4.79 Å². The van der Waals surface area contributed by atoms with Crippen molar-refractivity contribution in [3.8, 4) is 0 Å². The van der Waals surface area contributed by atoms with Gasteiger partial charge >= 0.3 is 0 Å². The molecule has 1 saturated heterocycles. The van der Waals surface area contributed by atoms with Crippen molar-refractivity contribution in [1.82, 2.24) is 9.88 Å². The lowest BCUT2D eigenvalue weighted by molar-refractivity contribution is -0.130. The molecule has 0 aromatic carbocycles. The van der Waals surface area contributed by atoms with Crippen molar-refractivity contribution in [3.63, 3.8) is 0 Å². The minimum absolute atomic E-state index is 0.263. The summed E-state index contributed by atoms with van der Waals surface area (Å²) < 4.78 is 0. The van der Waals surface area contributed by atoms with Gasteiger partial charge in [-0.3, -0.25) is 4.79 Å². The lowest BCUT2D eigenvalue weighted by Crippen LogP contribution is -2.33. The van der Waals surface area contributed by atoms with E-state index in [2.05, 4.69) is 4.98 Å². The van der Waals surface area contributed by atoms with Gasteiger partial charge in [0.25, 0.3) is 0 Å². The number of nitrogens with zero attached hydrogens (tertiary/aromatic N) is 1. The molecule has 1 aliphatic heterocycles. The Kier molecular flexibility index (Phi) is 3.43. The van der Waals surface area contributed by atoms with E-state index in [-0.39, 0.29) is 5.91 Å². The highest BCUT2D eigenvalue weighted by Gasteiger charge is 2.15. The number of hydrogen-bond donors (Lipinski definition) is 1. The number of aromatic amines is 1. The minimum atomic E-state index is 0.263. The fourth-order valence-corrected chi connectivity index (χ4v) is 2.07. The topological polar surface area (TPSA) is 36.1 Å². The van der Waals surface area contributed by atoms with Gasteiger partial charge in [-0.2, -0.15) is 0 Å². The first-order valence-electron chi connectivity index (χ1n) is 5.76. The second-order valence-electron chi connectivity index (χ2n) is 4.17. The van der Waals surface area contributed by atoms with E-state index in [9.17, 15) is 4.79 Å². The Bertz CT molecular complexity index is 297. The molecule has 82 valence electrons. The molecule has 1 amide bonds. The molecule has 0 radical (unpaired) electrons. The van der Waals surface area contributed by atoms with Crippen LogP contribution < -0.4 is 0 Å². The smallest absolute Gasteiger partial charge is 0.228 e. The Balaban J connectivity index is 1.89. The predicted molar refractivity (Wildman–Crippen MR) is 59.5 cm³/mol. The van der Waals surface area contributed by atoms with Gasteiger partial charge in [-0.25, -0.2) is 0 Å². The third-order valence-corrected chi connectivity index (χ3v) is 2.96. The highest BCUT2D eigenvalue weighted by molar-refractivity contribution is 5.78. The van der Waals surface area contributed by atoms with Crippen LogP contribution in [0.3, 0.4) is 0 Å². The van der Waals surface area contributed by atoms with Gasteiger partial charge in [0.1, 0.15) is 0 Å². The van der Waals surface area contributed by atoms with Crippen molar-refractivity contribution in [1.29, 1.82) is 0 Å². The summed E-state index contributed by atoms with van der Waals surface area (Å²) >= 11 is 0. The van der Waals surface area contributed by atoms with Crippen LogP contribution in [0.15, 0.2) is 18.3 Å². The van der Waals surface area contributed by atoms with Crippen molar-refractivity contribution in [2.45, 2.75) is 32.1 Å². The van der Waals surface area contributed by atoms with Gasteiger partial charge in [-0.15, -0.1) is 0 Å². The molecule has 2 heterocycles. The van der Waals surface area contributed by atoms with Crippen LogP contribution in [0.4, 0.5) is 0 Å². The van der Waals surface area contributed by atoms with Gasteiger partial charge in [0.05, 0.1) is 6.42 Å². The fourth-order valence-electron chi connectivity index (χ4n) is 2.07. The number of likely N-dealkylation sites (tertiary alicyclic amines) is 1. The Morgan fingerprint density at radius 2 is 2.00 bits per heavy atom. The summed E-state index contributed by atoms with van der Waals surface area (Å²) in [6, 6.07) is 3.90. The van der Waals surface area contributed by atoms with Crippen LogP contribution in [0.25, 0.3) is 0 Å². The lowest BCUT2D eigenvalue weighted by Gasteiger charge is -2.19. The van der Waals surface area contributed by atoms with E-state index in [4.69, 9.17) is 0 Å². The molecule has 0 aliphatic carbocycles. The van der Waals surface area contributed by atoms with E-state index in [1.54, 1.807) is 0 Å². The fraction of sp³-hybridized carbons (Fsp3) is 0.583. The monoisotopic (exact) mass is 206 g/mol. The zero-order valence-corrected chi connectivity index (χ0v) is 9.04. The second-order valence-corrected chi connectivity index (χ2v) is 4.17. The number of amides is 1. The van der Waals surface area contributed by atoms with Gasteiger partial charge in [-0.1, -0.05) is 12.8 Å². The number of H-pyrrole nitrogens is 1. The van der Waals surface area contributed by atoms with Crippen LogP contribution in [-0.2, 0) is 11.2 Å². The van der Waals surface area contributed by atoms with Crippen LogP contribution in [0.1, 0.15) is 31.4 Å². The first-order chi connectivity index (χ1) is 7.36. The summed E-state index contributed by atoms with van der Waals surface area (Å²) in [5, 5.41) is 0. The first kappa shape index (κ1) is 10.3. The van der Waals surface area contributed by atoms with Gasteiger partial charge in [0.15, 0.2) is 0 Å². The maximum atomic E-state index is 11.9. The molecule has 1 fully saturated rings. The first-order valence-corrected chi connectivity index (χ1v) is 5.76. The molecule has 1 aromatic heterocycles. The molecule has 0 saturated carbocycles. The average molecular weight is 206 g/mol. The highest BCUT2D eigenvalue weighted by Crippen LogP contribution is 2.11. The summed E-state index contributed by atoms with van der Waals surface area (Å²) in [5.41, 5.74) is 1.02. The van der Waals surface area contributed by atoms with E-state index in [1.165, 1.54) is 12.8 Å². The Labute approximate surface area is 90.5 Å². The number of rotatable bonds is 2. The maximum absolute atomic E-state index is 11.9. The number of carbonyl (C=O) groups excluding carboxylic acids is 1. The lowest BCUT2D eigenvalue weighted by atomic mass is 10.2. The van der Waals surface area contributed by atoms with Gasteiger partial charge in [0.2, 0.25) is 5.91 Å². The van der Waals surface area contributed by atoms with Crippen molar-refractivity contribution in [2.24, 2.45) is 0 Å². The van der Waals surface area contributed by atoms with Crippen molar-refractivity contribution in [3.05, 3.63) is 24.0 Å². The summed E-state index contributed by atoms with van der Waals surface area (Å²) in [6.45, 7) is 1.89. The molecule has 2 rings (SSSR count). The number of hydrogen-bond acceptors (Lipinski definition) is 1. The molecule has 0 spiro atoms. The zero-order valence-electron chi connectivity index (χ0n) is 9.04. The molecule has 0 unspecified atom stereocenters. The van der Waals surface area contributed by atoms with Crippen LogP contribution in [0.5, 0.6) is 0 Å². The number of nitrogens with one attached hydrogen (secondary N) is 1. The molecule has 1 aliphatic rings. The predicted octanol–water partition coefficient (Wildman–Crippen LogP) is 1.96. The molecule has 3 nitrogen and oxygen atoms in total. The summed E-state index contributed by atoms with van der Waals surface area (Å²) in [5.74, 6) is 0.263. The Morgan fingerprint density at radius 1 is 1.27 bits per heavy atom. The van der Waals surface area contributed by atoms with Gasteiger partial charge in [-0.05, 0) is 25.0 Å². The standard InChI is InChI=1S/C12H18N2O/c15-12(10-11-6-5-7-13-11)14-8-3-1-2-4-9-14/h5-7,13H,1-4,8-10H2. The molecule has 15 heavy (non-hydrogen) atoms. The largest absolute Gasteiger partial charge is 0.365 e. The van der Waals surface area contributed by atoms with Crippen molar-refractivity contribution >= 4 is 5.91 Å². The van der Waals surface area contributed by atoms with Gasteiger partial charge in [0, 0.05) is 25.0 Å². The molecule has 0 atom stereocenters. The molecular formula is C12H18N2O. The van der Waals surface area contributed by atoms with E-state index >= 15 is 0 Å². The summed E-state index contributed by atoms with van der Waals surface area (Å²) in [6.07, 6.45) is 7.25. The Morgan fingerprint density at radius 3 is 2.60 bits per heavy atom. The Hall–Kier alpha value is -1.25. The second kappa shape index (κ2) is 5.01. The normalized spacial score (nSPS) is 17.5. The number of carbonyl (C=O) groups is 1. The quantitative estimate of drug-likeness (QED) is 0.789. The third kappa shape index (κ3) is 2.85. The van der Waals surface area contributed by atoms with Crippen molar-refractivity contribution in [2.75, 3.05) is 13.1 Å². The molecule has 1 aromatic rings. The van der Waals surface area contributed by atoms with E-state index in [1.807, 2.05) is 23.2 Å². The van der Waals surface area contributed by atoms with Crippen LogP contribution in [-0.4, -0.2) is 28.9 Å². The van der Waals surface area contributed by atoms with Crippen LogP contribution in [0.2, 0.25) is 0 Å². The summed E-state index contributed by atoms with van der Waals surface area (Å²) in [7, 11) is 0. The van der Waals surface area contributed by atoms with Crippen LogP contribution >= 0.6 is 0 Å². The van der Waals surface area contributed by atoms with E-state index in [0.717, 1.165) is 31.6 Å². The molecule has 1 N–H and O–H groups in total. The van der Waals surface area contributed by atoms with Gasteiger partial charge < -0.3 is 9.88 Å². The SMILES string of the molecule is O=C(Cc1ccc[nH]1)N1CCCCCC1. The minimum Gasteiger partial charge on any atom is -0.365 e. The maximum Gasteiger partial charge on any atom is 0.228 e. The summed E-state index contributed by atoms with van der Waals surface area (Å²) in [4.78, 5) is 17.0. The molecule has 3 heteroatoms. The average Bonchev–Trinajstić information content (AvgIpc) is 2.58. The number of aromatic nitrogens is 1. The third-order valence-electron chi connectivity index (χ3n) is 2.96.